The molecule has 6 nitrogen and oxygen atoms in total. The largest absolute Gasteiger partial charge is 0.446 e. The molecule has 3 rings (SSSR count). The summed E-state index contributed by atoms with van der Waals surface area (Å²) in [6.45, 7) is 8.07. The minimum atomic E-state index is -0.573. The smallest absolute Gasteiger partial charge is 0.411 e. The summed E-state index contributed by atoms with van der Waals surface area (Å²) in [7, 11) is 0. The molecular weight excluding hydrogens is 354 g/mol. The molecule has 1 radical (unpaired) electrons. The Morgan fingerprint density at radius 2 is 1.96 bits per heavy atom. The summed E-state index contributed by atoms with van der Waals surface area (Å²) in [6, 6.07) is 6.15. The van der Waals surface area contributed by atoms with Crippen molar-refractivity contribution in [1.82, 2.24) is 10.4 Å². The van der Waals surface area contributed by atoms with Crippen LogP contribution in [0, 0.1) is 12.3 Å². The zero-order chi connectivity index (χ0) is 20.5. The summed E-state index contributed by atoms with van der Waals surface area (Å²) in [6.07, 6.45) is 7.59. The summed E-state index contributed by atoms with van der Waals surface area (Å²) in [4.78, 5) is 12.5. The number of terminal acetylenes is 1. The van der Waals surface area contributed by atoms with Crippen molar-refractivity contribution in [2.24, 2.45) is 0 Å². The molecule has 6 heteroatoms. The molecule has 1 fully saturated rings. The lowest BCUT2D eigenvalue weighted by Gasteiger charge is -2.49. The third kappa shape index (κ3) is 4.33. The first kappa shape index (κ1) is 20.7. The van der Waals surface area contributed by atoms with Crippen molar-refractivity contribution in [3.63, 3.8) is 0 Å². The maximum Gasteiger partial charge on any atom is 0.411 e. The van der Waals surface area contributed by atoms with Crippen molar-refractivity contribution in [2.45, 2.75) is 76.6 Å². The predicted octanol–water partition coefficient (Wildman–Crippen LogP) is 3.81. The first-order valence-corrected chi connectivity index (χ1v) is 9.87. The number of nitrogens with one attached hydrogen (secondary N) is 2. The number of benzene rings is 1. The van der Waals surface area contributed by atoms with E-state index < -0.39 is 17.2 Å². The third-order valence-electron chi connectivity index (χ3n) is 5.75. The quantitative estimate of drug-likeness (QED) is 0.774. The van der Waals surface area contributed by atoms with Crippen LogP contribution in [0.3, 0.4) is 0 Å². The Balaban J connectivity index is 1.64. The zero-order valence-electron chi connectivity index (χ0n) is 17.2. The number of piperidine rings is 1. The highest BCUT2D eigenvalue weighted by molar-refractivity contribution is 5.85. The average Bonchev–Trinajstić information content (AvgIpc) is 2.99. The highest BCUT2D eigenvalue weighted by Crippen LogP contribution is 2.38. The Morgan fingerprint density at radius 3 is 2.61 bits per heavy atom. The molecule has 1 saturated heterocycles. The van der Waals surface area contributed by atoms with Gasteiger partial charge in [-0.15, -0.1) is 16.7 Å². The summed E-state index contributed by atoms with van der Waals surface area (Å²) in [5, 5.41) is 19.8. The minimum absolute atomic E-state index is 0.215. The molecule has 1 atom stereocenters. The normalized spacial score (nSPS) is 23.6. The second kappa shape index (κ2) is 7.75. The third-order valence-corrected chi connectivity index (χ3v) is 5.75. The first-order chi connectivity index (χ1) is 13.1. The topological polar surface area (TPSA) is 73.5 Å². The molecule has 1 amide bonds. The standard InChI is InChI=1S/C22H30N3O3/c1-6-11-23-19-10-8-15-7-9-16(12-18(15)19)24-20(26)28-17-13-21(2,3)25(27)22(4,5)14-17/h1,7,9,12,17,19,23H,8,10-11,13-14H2,2-5H3,(H,24,26)/t19-/m1/s1. The number of rotatable bonds is 4. The Hall–Kier alpha value is -2.07. The van der Waals surface area contributed by atoms with Crippen molar-refractivity contribution in [1.29, 1.82) is 0 Å². The van der Waals surface area contributed by atoms with Crippen molar-refractivity contribution < 1.29 is 14.7 Å². The van der Waals surface area contributed by atoms with Gasteiger partial charge in [-0.3, -0.25) is 10.6 Å². The predicted molar refractivity (Wildman–Crippen MR) is 108 cm³/mol. The molecule has 0 bridgehead atoms. The second-order valence-electron chi connectivity index (χ2n) is 9.07. The molecule has 1 aromatic rings. The van der Waals surface area contributed by atoms with Gasteiger partial charge in [-0.05, 0) is 63.8 Å². The number of hydroxylamine groups is 2. The van der Waals surface area contributed by atoms with Gasteiger partial charge in [0.2, 0.25) is 0 Å². The monoisotopic (exact) mass is 384 g/mol. The molecule has 2 aliphatic rings. The summed E-state index contributed by atoms with van der Waals surface area (Å²) in [5.74, 6) is 2.61. The van der Waals surface area contributed by atoms with E-state index in [1.54, 1.807) is 0 Å². The minimum Gasteiger partial charge on any atom is -0.446 e. The van der Waals surface area contributed by atoms with E-state index in [1.807, 2.05) is 45.9 Å². The van der Waals surface area contributed by atoms with E-state index in [4.69, 9.17) is 11.2 Å². The maximum atomic E-state index is 12.5. The molecule has 0 spiro atoms. The lowest BCUT2D eigenvalue weighted by molar-refractivity contribution is -0.297. The number of anilines is 1. The number of ether oxygens (including phenoxy) is 1. The molecule has 28 heavy (non-hydrogen) atoms. The number of fused-ring (bicyclic) bond motifs is 1. The van der Waals surface area contributed by atoms with Crippen LogP contribution in [0.15, 0.2) is 18.2 Å². The average molecular weight is 385 g/mol. The van der Waals surface area contributed by atoms with Crippen LogP contribution in [0.4, 0.5) is 10.5 Å². The number of hydrogen-bond donors (Lipinski definition) is 2. The van der Waals surface area contributed by atoms with E-state index in [0.717, 1.165) is 17.9 Å². The molecular formula is C22H30N3O3. The van der Waals surface area contributed by atoms with E-state index in [-0.39, 0.29) is 12.1 Å². The number of carbonyl (C=O) groups excluding carboxylic acids is 1. The lowest BCUT2D eigenvalue weighted by atomic mass is 9.80. The molecule has 2 N–H and O–H groups in total. The lowest BCUT2D eigenvalue weighted by Crippen LogP contribution is -2.60. The van der Waals surface area contributed by atoms with Crippen LogP contribution in [0.2, 0.25) is 0 Å². The number of hydrogen-bond acceptors (Lipinski definition) is 4. The van der Waals surface area contributed by atoms with Crippen molar-refractivity contribution >= 4 is 11.8 Å². The van der Waals surface area contributed by atoms with Crippen LogP contribution in [-0.2, 0) is 16.4 Å². The zero-order valence-corrected chi connectivity index (χ0v) is 17.2. The van der Waals surface area contributed by atoms with Gasteiger partial charge in [-0.1, -0.05) is 12.0 Å². The van der Waals surface area contributed by atoms with Crippen LogP contribution in [0.5, 0.6) is 0 Å². The molecule has 1 aromatic carbocycles. The Kier molecular flexibility index (Phi) is 5.72. The molecule has 1 aliphatic carbocycles. The SMILES string of the molecule is C#CCN[C@@H]1CCc2ccc(NC(=O)OC3CC(C)(C)N([O])C(C)(C)C3)cc21. The van der Waals surface area contributed by atoms with E-state index in [2.05, 4.69) is 16.6 Å². The van der Waals surface area contributed by atoms with Crippen molar-refractivity contribution in [3.05, 3.63) is 29.3 Å². The van der Waals surface area contributed by atoms with Gasteiger partial charge in [-0.25, -0.2) is 4.79 Å². The van der Waals surface area contributed by atoms with Gasteiger partial charge in [0.15, 0.2) is 0 Å². The van der Waals surface area contributed by atoms with Gasteiger partial charge in [0, 0.05) is 35.6 Å². The van der Waals surface area contributed by atoms with Gasteiger partial charge in [0.1, 0.15) is 6.10 Å². The number of nitrogens with zero attached hydrogens (tertiary/aromatic N) is 1. The summed E-state index contributed by atoms with van der Waals surface area (Å²) >= 11 is 0. The fraction of sp³-hybridized carbons (Fsp3) is 0.591. The van der Waals surface area contributed by atoms with E-state index in [0.29, 0.717) is 25.1 Å². The highest BCUT2D eigenvalue weighted by atomic mass is 16.6. The molecule has 151 valence electrons. The Bertz CT molecular complexity index is 764. The van der Waals surface area contributed by atoms with Crippen LogP contribution >= 0.6 is 0 Å². The van der Waals surface area contributed by atoms with E-state index in [1.165, 1.54) is 11.1 Å². The molecule has 1 heterocycles. The number of aryl methyl sites for hydroxylation is 1. The van der Waals surface area contributed by atoms with Gasteiger partial charge >= 0.3 is 6.09 Å². The molecule has 0 aromatic heterocycles. The number of amides is 1. The molecule has 0 unspecified atom stereocenters. The van der Waals surface area contributed by atoms with Crippen molar-refractivity contribution in [3.8, 4) is 12.3 Å². The van der Waals surface area contributed by atoms with Crippen LogP contribution < -0.4 is 10.6 Å². The van der Waals surface area contributed by atoms with Gasteiger partial charge < -0.3 is 4.74 Å². The Labute approximate surface area is 167 Å². The maximum absolute atomic E-state index is 12.5. The van der Waals surface area contributed by atoms with Crippen LogP contribution in [-0.4, -0.2) is 34.9 Å². The van der Waals surface area contributed by atoms with Crippen LogP contribution in [0.1, 0.15) is 64.1 Å². The fourth-order valence-electron chi connectivity index (χ4n) is 4.63. The van der Waals surface area contributed by atoms with E-state index in [9.17, 15) is 10.0 Å². The highest BCUT2D eigenvalue weighted by Gasteiger charge is 2.47. The van der Waals surface area contributed by atoms with Gasteiger partial charge in [0.05, 0.1) is 6.54 Å². The number of carbonyl (C=O) groups is 1. The molecule has 0 saturated carbocycles. The second-order valence-corrected chi connectivity index (χ2v) is 9.07. The summed E-state index contributed by atoms with van der Waals surface area (Å²) in [5.41, 5.74) is 2.01. The van der Waals surface area contributed by atoms with Crippen LogP contribution in [0.25, 0.3) is 0 Å². The van der Waals surface area contributed by atoms with E-state index >= 15 is 0 Å². The first-order valence-electron chi connectivity index (χ1n) is 9.87. The fourth-order valence-corrected chi connectivity index (χ4v) is 4.63. The molecule has 1 aliphatic heterocycles. The summed E-state index contributed by atoms with van der Waals surface area (Å²) < 4.78 is 5.67. The van der Waals surface area contributed by atoms with Gasteiger partial charge in [-0.2, -0.15) is 0 Å². The van der Waals surface area contributed by atoms with Gasteiger partial charge in [0.25, 0.3) is 0 Å². The van der Waals surface area contributed by atoms with Crippen molar-refractivity contribution in [2.75, 3.05) is 11.9 Å². The Morgan fingerprint density at radius 1 is 1.29 bits per heavy atom.